The van der Waals surface area contributed by atoms with Crippen LogP contribution in [0.3, 0.4) is 0 Å². The molecule has 3 aromatic rings. The molecule has 1 aliphatic heterocycles. The van der Waals surface area contributed by atoms with Crippen LogP contribution in [0.15, 0.2) is 52.9 Å². The summed E-state index contributed by atoms with van der Waals surface area (Å²) in [6.45, 7) is 6.20. The first-order chi connectivity index (χ1) is 15.1. The molecule has 2 aromatic carbocycles. The molecule has 0 aliphatic carbocycles. The topological polar surface area (TPSA) is 73.6 Å². The first-order valence-corrected chi connectivity index (χ1v) is 10.7. The maximum Gasteiger partial charge on any atom is 0.257 e. The van der Waals surface area contributed by atoms with E-state index in [2.05, 4.69) is 17.2 Å². The zero-order valence-electron chi connectivity index (χ0n) is 18.0. The molecule has 1 aromatic heterocycles. The Kier molecular flexibility index (Phi) is 6.67. The van der Waals surface area contributed by atoms with Gasteiger partial charge in [-0.25, -0.2) is 4.98 Å². The molecule has 1 amide bonds. The van der Waals surface area contributed by atoms with Gasteiger partial charge < -0.3 is 19.2 Å². The van der Waals surface area contributed by atoms with Crippen LogP contribution >= 0.6 is 0 Å². The van der Waals surface area contributed by atoms with Gasteiger partial charge in [-0.2, -0.15) is 0 Å². The van der Waals surface area contributed by atoms with Gasteiger partial charge in [0.15, 0.2) is 6.61 Å². The smallest absolute Gasteiger partial charge is 0.257 e. The Morgan fingerprint density at radius 1 is 1.03 bits per heavy atom. The van der Waals surface area contributed by atoms with Crippen LogP contribution in [0.4, 0.5) is 0 Å². The third-order valence-electron chi connectivity index (χ3n) is 5.52. The van der Waals surface area contributed by atoms with E-state index in [0.717, 1.165) is 48.6 Å². The van der Waals surface area contributed by atoms with Gasteiger partial charge >= 0.3 is 0 Å². The number of aryl methyl sites for hydroxylation is 2. The van der Waals surface area contributed by atoms with Gasteiger partial charge in [0.05, 0.1) is 0 Å². The third kappa shape index (κ3) is 5.52. The number of nitrogens with one attached hydrogen (secondary N) is 1. The minimum Gasteiger partial charge on any atom is -0.484 e. The van der Waals surface area contributed by atoms with Crippen molar-refractivity contribution in [1.29, 1.82) is 0 Å². The van der Waals surface area contributed by atoms with E-state index in [1.54, 1.807) is 0 Å². The molecular weight excluding hydrogens is 392 g/mol. The molecule has 1 N–H and O–H groups in total. The summed E-state index contributed by atoms with van der Waals surface area (Å²) in [5.41, 5.74) is 3.89. The normalized spacial score (nSPS) is 14.4. The minimum absolute atomic E-state index is 0.00310. The Labute approximate surface area is 182 Å². The quantitative estimate of drug-likeness (QED) is 0.607. The van der Waals surface area contributed by atoms with E-state index in [9.17, 15) is 4.79 Å². The molecular formula is C25H28N2O4. The summed E-state index contributed by atoms with van der Waals surface area (Å²) in [5.74, 6) is 2.40. The predicted molar refractivity (Wildman–Crippen MR) is 119 cm³/mol. The Morgan fingerprint density at radius 3 is 2.42 bits per heavy atom. The van der Waals surface area contributed by atoms with Crippen molar-refractivity contribution in [2.45, 2.75) is 26.7 Å². The third-order valence-corrected chi connectivity index (χ3v) is 5.52. The molecule has 0 saturated carbocycles. The number of rotatable bonds is 7. The fourth-order valence-electron chi connectivity index (χ4n) is 3.60. The van der Waals surface area contributed by atoms with Crippen LogP contribution in [0.5, 0.6) is 5.75 Å². The first kappa shape index (κ1) is 21.1. The molecule has 6 heteroatoms. The highest BCUT2D eigenvalue weighted by Crippen LogP contribution is 2.29. The lowest BCUT2D eigenvalue weighted by atomic mass is 10.0. The van der Waals surface area contributed by atoms with Crippen molar-refractivity contribution in [1.82, 2.24) is 10.3 Å². The SMILES string of the molecule is Cc1ccc(-c2nc(-c3ccc(OCC(=O)NCC4CCOCC4)cc3)c(C)o2)cc1. The highest BCUT2D eigenvalue weighted by molar-refractivity contribution is 5.77. The molecule has 6 nitrogen and oxygen atoms in total. The first-order valence-electron chi connectivity index (χ1n) is 10.7. The second-order valence-electron chi connectivity index (χ2n) is 7.96. The van der Waals surface area contributed by atoms with Crippen molar-refractivity contribution >= 4 is 5.91 Å². The van der Waals surface area contributed by atoms with Gasteiger partial charge in [0.2, 0.25) is 5.89 Å². The van der Waals surface area contributed by atoms with Crippen LogP contribution in [0.2, 0.25) is 0 Å². The summed E-state index contributed by atoms with van der Waals surface area (Å²) in [6, 6.07) is 15.7. The number of benzene rings is 2. The maximum atomic E-state index is 12.1. The summed E-state index contributed by atoms with van der Waals surface area (Å²) in [6.07, 6.45) is 1.99. The average molecular weight is 421 g/mol. The second-order valence-corrected chi connectivity index (χ2v) is 7.96. The highest BCUT2D eigenvalue weighted by atomic mass is 16.5. The van der Waals surface area contributed by atoms with Crippen LogP contribution < -0.4 is 10.1 Å². The minimum atomic E-state index is -0.106. The summed E-state index contributed by atoms with van der Waals surface area (Å²) >= 11 is 0. The summed E-state index contributed by atoms with van der Waals surface area (Å²) < 4.78 is 16.9. The molecule has 1 saturated heterocycles. The van der Waals surface area contributed by atoms with E-state index in [0.29, 0.717) is 24.1 Å². The number of aromatic nitrogens is 1. The largest absolute Gasteiger partial charge is 0.484 e. The van der Waals surface area contributed by atoms with E-state index in [-0.39, 0.29) is 12.5 Å². The monoisotopic (exact) mass is 420 g/mol. The maximum absolute atomic E-state index is 12.1. The summed E-state index contributed by atoms with van der Waals surface area (Å²) in [5, 5.41) is 2.95. The fraction of sp³-hybridized carbons (Fsp3) is 0.360. The Balaban J connectivity index is 1.33. The van der Waals surface area contributed by atoms with E-state index in [1.165, 1.54) is 5.56 Å². The molecule has 0 atom stereocenters. The van der Waals surface area contributed by atoms with Crippen LogP contribution in [0.25, 0.3) is 22.7 Å². The summed E-state index contributed by atoms with van der Waals surface area (Å²) in [4.78, 5) is 16.7. The van der Waals surface area contributed by atoms with Gasteiger partial charge in [-0.05, 0) is 69.0 Å². The lowest BCUT2D eigenvalue weighted by molar-refractivity contribution is -0.123. The van der Waals surface area contributed by atoms with Crippen molar-refractivity contribution in [3.63, 3.8) is 0 Å². The fourth-order valence-corrected chi connectivity index (χ4v) is 3.60. The number of amides is 1. The van der Waals surface area contributed by atoms with Gasteiger partial charge in [-0.3, -0.25) is 4.79 Å². The van der Waals surface area contributed by atoms with Gasteiger partial charge in [0, 0.05) is 30.9 Å². The number of ether oxygens (including phenoxy) is 2. The molecule has 0 bridgehead atoms. The lowest BCUT2D eigenvalue weighted by Gasteiger charge is -2.22. The zero-order chi connectivity index (χ0) is 21.6. The van der Waals surface area contributed by atoms with E-state index < -0.39 is 0 Å². The Bertz CT molecular complexity index is 1000. The second kappa shape index (κ2) is 9.79. The number of oxazole rings is 1. The lowest BCUT2D eigenvalue weighted by Crippen LogP contribution is -2.35. The highest BCUT2D eigenvalue weighted by Gasteiger charge is 2.15. The van der Waals surface area contributed by atoms with Crippen molar-refractivity contribution in [3.05, 3.63) is 59.9 Å². The van der Waals surface area contributed by atoms with Crippen molar-refractivity contribution in [2.24, 2.45) is 5.92 Å². The van der Waals surface area contributed by atoms with E-state index >= 15 is 0 Å². The van der Waals surface area contributed by atoms with Crippen LogP contribution in [0.1, 0.15) is 24.2 Å². The molecule has 31 heavy (non-hydrogen) atoms. The molecule has 2 heterocycles. The standard InChI is InChI=1S/C25H28N2O4/c1-17-3-5-21(6-4-17)25-27-24(18(2)31-25)20-7-9-22(10-8-20)30-16-23(28)26-15-19-11-13-29-14-12-19/h3-10,19H,11-16H2,1-2H3,(H,26,28). The molecule has 1 aliphatic rings. The molecule has 0 spiro atoms. The van der Waals surface area contributed by atoms with Gasteiger partial charge in [-0.15, -0.1) is 0 Å². The number of hydrogen-bond donors (Lipinski definition) is 1. The van der Waals surface area contributed by atoms with Gasteiger partial charge in [-0.1, -0.05) is 17.7 Å². The predicted octanol–water partition coefficient (Wildman–Crippen LogP) is 4.55. The van der Waals surface area contributed by atoms with E-state index in [1.807, 2.05) is 55.5 Å². The van der Waals surface area contributed by atoms with Crippen LogP contribution in [-0.4, -0.2) is 37.3 Å². The van der Waals surface area contributed by atoms with Crippen molar-refractivity contribution in [3.8, 4) is 28.5 Å². The van der Waals surface area contributed by atoms with Gasteiger partial charge in [0.25, 0.3) is 5.91 Å². The molecule has 162 valence electrons. The molecule has 4 rings (SSSR count). The molecule has 0 unspecified atom stereocenters. The number of carbonyl (C=O) groups is 1. The van der Waals surface area contributed by atoms with Crippen LogP contribution in [0, 0.1) is 19.8 Å². The average Bonchev–Trinajstić information content (AvgIpc) is 3.19. The number of carbonyl (C=O) groups excluding carboxylic acids is 1. The molecule has 1 fully saturated rings. The summed E-state index contributed by atoms with van der Waals surface area (Å²) in [7, 11) is 0. The van der Waals surface area contributed by atoms with E-state index in [4.69, 9.17) is 13.9 Å². The van der Waals surface area contributed by atoms with Gasteiger partial charge in [0.1, 0.15) is 17.2 Å². The zero-order valence-corrected chi connectivity index (χ0v) is 18.0. The Hall–Kier alpha value is -3.12. The van der Waals surface area contributed by atoms with Crippen molar-refractivity contribution in [2.75, 3.05) is 26.4 Å². The van der Waals surface area contributed by atoms with Crippen LogP contribution in [-0.2, 0) is 9.53 Å². The molecule has 0 radical (unpaired) electrons. The Morgan fingerprint density at radius 2 is 1.71 bits per heavy atom. The number of nitrogens with zero attached hydrogens (tertiary/aromatic N) is 1. The number of hydrogen-bond acceptors (Lipinski definition) is 5. The van der Waals surface area contributed by atoms with Crippen molar-refractivity contribution < 1.29 is 18.7 Å².